The summed E-state index contributed by atoms with van der Waals surface area (Å²) in [6.07, 6.45) is 5.52. The van der Waals surface area contributed by atoms with Crippen molar-refractivity contribution >= 4 is 11.9 Å². The molecule has 1 heterocycles. The molecule has 0 aromatic heterocycles. The predicted molar refractivity (Wildman–Crippen MR) is 64.5 cm³/mol. The lowest BCUT2D eigenvalue weighted by molar-refractivity contribution is -0.152. The summed E-state index contributed by atoms with van der Waals surface area (Å²) in [6.45, 7) is 1.24. The highest BCUT2D eigenvalue weighted by Crippen LogP contribution is 2.19. The number of aliphatic carboxylic acids is 1. The Balaban J connectivity index is 2.39. The van der Waals surface area contributed by atoms with Crippen LogP contribution in [0.4, 0.5) is 0 Å². The maximum atomic E-state index is 11.9. The van der Waals surface area contributed by atoms with Crippen LogP contribution in [0.2, 0.25) is 0 Å². The molecule has 1 unspecified atom stereocenters. The molecule has 3 N–H and O–H groups in total. The largest absolute Gasteiger partial charge is 0.480 e. The third-order valence-corrected chi connectivity index (χ3v) is 3.20. The highest BCUT2D eigenvalue weighted by atomic mass is 16.4. The monoisotopic (exact) mass is 242 g/mol. The predicted octanol–water partition coefficient (Wildman–Crippen LogP) is 0.971. The van der Waals surface area contributed by atoms with Crippen molar-refractivity contribution in [2.24, 2.45) is 5.73 Å². The molecule has 0 saturated carbocycles. The van der Waals surface area contributed by atoms with Crippen LogP contribution in [0.5, 0.6) is 0 Å². The molecular weight excluding hydrogens is 220 g/mol. The number of piperidine rings is 1. The Morgan fingerprint density at radius 3 is 2.65 bits per heavy atom. The molecule has 1 atom stereocenters. The summed E-state index contributed by atoms with van der Waals surface area (Å²) in [4.78, 5) is 24.5. The van der Waals surface area contributed by atoms with Crippen LogP contribution in [0.25, 0.3) is 0 Å². The molecule has 0 aromatic carbocycles. The van der Waals surface area contributed by atoms with E-state index in [1.807, 2.05) is 0 Å². The maximum Gasteiger partial charge on any atom is 0.326 e. The maximum absolute atomic E-state index is 11.9. The third kappa shape index (κ3) is 4.34. The number of nitrogens with two attached hydrogens (primary N) is 1. The number of carbonyl (C=O) groups is 2. The Bertz CT molecular complexity index is 268. The molecule has 1 aliphatic heterocycles. The van der Waals surface area contributed by atoms with Crippen LogP contribution >= 0.6 is 0 Å². The van der Waals surface area contributed by atoms with Crippen molar-refractivity contribution in [3.63, 3.8) is 0 Å². The van der Waals surface area contributed by atoms with E-state index >= 15 is 0 Å². The van der Waals surface area contributed by atoms with Crippen molar-refractivity contribution in [1.82, 2.24) is 4.90 Å². The minimum atomic E-state index is -0.875. The molecule has 17 heavy (non-hydrogen) atoms. The van der Waals surface area contributed by atoms with Gasteiger partial charge in [-0.05, 0) is 38.6 Å². The average molecular weight is 242 g/mol. The van der Waals surface area contributed by atoms with E-state index < -0.39 is 12.0 Å². The van der Waals surface area contributed by atoms with Crippen LogP contribution in [-0.2, 0) is 9.59 Å². The van der Waals surface area contributed by atoms with Crippen molar-refractivity contribution in [3.8, 4) is 0 Å². The number of amides is 1. The van der Waals surface area contributed by atoms with Crippen LogP contribution in [0.15, 0.2) is 0 Å². The fourth-order valence-electron chi connectivity index (χ4n) is 2.23. The first-order valence-electron chi connectivity index (χ1n) is 6.39. The zero-order chi connectivity index (χ0) is 12.7. The second-order valence-corrected chi connectivity index (χ2v) is 4.54. The van der Waals surface area contributed by atoms with Gasteiger partial charge in [-0.25, -0.2) is 4.79 Å². The quantitative estimate of drug-likeness (QED) is 0.680. The van der Waals surface area contributed by atoms with E-state index in [1.165, 1.54) is 4.90 Å². The number of carboxylic acids is 1. The number of likely N-dealkylation sites (tertiary alicyclic amines) is 1. The van der Waals surface area contributed by atoms with Gasteiger partial charge >= 0.3 is 5.97 Å². The normalized spacial score (nSPS) is 20.3. The van der Waals surface area contributed by atoms with Gasteiger partial charge in [-0.1, -0.05) is 6.42 Å². The SMILES string of the molecule is NCCCCCC(=O)N1CCCCC1C(=O)O. The lowest BCUT2D eigenvalue weighted by atomic mass is 10.0. The van der Waals surface area contributed by atoms with Gasteiger partial charge in [-0.3, -0.25) is 4.79 Å². The zero-order valence-corrected chi connectivity index (χ0v) is 10.2. The fraction of sp³-hybridized carbons (Fsp3) is 0.833. The molecule has 1 fully saturated rings. The summed E-state index contributed by atoms with van der Waals surface area (Å²) in [5, 5.41) is 9.06. The van der Waals surface area contributed by atoms with Crippen LogP contribution in [-0.4, -0.2) is 41.0 Å². The van der Waals surface area contributed by atoms with E-state index in [-0.39, 0.29) is 5.91 Å². The van der Waals surface area contributed by atoms with Gasteiger partial charge in [0.05, 0.1) is 0 Å². The fourth-order valence-corrected chi connectivity index (χ4v) is 2.23. The molecule has 5 heteroatoms. The Morgan fingerprint density at radius 2 is 2.00 bits per heavy atom. The standard InChI is InChI=1S/C12H22N2O3/c13-8-4-1-2-7-11(15)14-9-5-3-6-10(14)12(16)17/h10H,1-9,13H2,(H,16,17). The minimum Gasteiger partial charge on any atom is -0.480 e. The third-order valence-electron chi connectivity index (χ3n) is 3.20. The van der Waals surface area contributed by atoms with Crippen molar-refractivity contribution in [1.29, 1.82) is 0 Å². The number of unbranched alkanes of at least 4 members (excludes halogenated alkanes) is 2. The van der Waals surface area contributed by atoms with Crippen LogP contribution < -0.4 is 5.73 Å². The van der Waals surface area contributed by atoms with Gasteiger partial charge in [0.1, 0.15) is 6.04 Å². The Labute approximate surface area is 102 Å². The first-order chi connectivity index (χ1) is 8.16. The number of hydrogen-bond donors (Lipinski definition) is 2. The molecule has 5 nitrogen and oxygen atoms in total. The molecule has 0 aliphatic carbocycles. The molecular formula is C12H22N2O3. The van der Waals surface area contributed by atoms with E-state index in [0.717, 1.165) is 32.1 Å². The molecule has 1 saturated heterocycles. The van der Waals surface area contributed by atoms with Crippen LogP contribution in [0.1, 0.15) is 44.9 Å². The van der Waals surface area contributed by atoms with Crippen molar-refractivity contribution < 1.29 is 14.7 Å². The smallest absolute Gasteiger partial charge is 0.326 e. The topological polar surface area (TPSA) is 83.6 Å². The Hall–Kier alpha value is -1.10. The van der Waals surface area contributed by atoms with Gasteiger partial charge in [0.25, 0.3) is 0 Å². The summed E-state index contributed by atoms with van der Waals surface area (Å²) in [7, 11) is 0. The van der Waals surface area contributed by atoms with Crippen molar-refractivity contribution in [2.75, 3.05) is 13.1 Å². The second kappa shape index (κ2) is 7.27. The lowest BCUT2D eigenvalue weighted by Crippen LogP contribution is -2.47. The molecule has 98 valence electrons. The van der Waals surface area contributed by atoms with E-state index in [0.29, 0.717) is 25.9 Å². The van der Waals surface area contributed by atoms with E-state index in [4.69, 9.17) is 10.8 Å². The van der Waals surface area contributed by atoms with Crippen molar-refractivity contribution in [3.05, 3.63) is 0 Å². The highest BCUT2D eigenvalue weighted by Gasteiger charge is 2.31. The first kappa shape index (κ1) is 14.0. The molecule has 1 amide bonds. The number of nitrogens with zero attached hydrogens (tertiary/aromatic N) is 1. The minimum absolute atomic E-state index is 0.0193. The zero-order valence-electron chi connectivity index (χ0n) is 10.2. The molecule has 1 rings (SSSR count). The van der Waals surface area contributed by atoms with Gasteiger partial charge in [-0.2, -0.15) is 0 Å². The summed E-state index contributed by atoms with van der Waals surface area (Å²) < 4.78 is 0. The van der Waals surface area contributed by atoms with Gasteiger partial charge in [0.2, 0.25) is 5.91 Å². The molecule has 0 aromatic rings. The van der Waals surface area contributed by atoms with E-state index in [1.54, 1.807) is 0 Å². The van der Waals surface area contributed by atoms with Crippen molar-refractivity contribution in [2.45, 2.75) is 51.0 Å². The van der Waals surface area contributed by atoms with Gasteiger partial charge in [-0.15, -0.1) is 0 Å². The number of rotatable bonds is 6. The number of carbonyl (C=O) groups excluding carboxylic acids is 1. The molecule has 0 bridgehead atoms. The average Bonchev–Trinajstić information content (AvgIpc) is 2.34. The molecule has 1 aliphatic rings. The highest BCUT2D eigenvalue weighted by molar-refractivity contribution is 5.83. The molecule has 0 spiro atoms. The van der Waals surface area contributed by atoms with E-state index in [9.17, 15) is 9.59 Å². The van der Waals surface area contributed by atoms with Gasteiger partial charge < -0.3 is 15.7 Å². The van der Waals surface area contributed by atoms with Crippen LogP contribution in [0.3, 0.4) is 0 Å². The number of carboxylic acid groups (broad SMARTS) is 1. The summed E-state index contributed by atoms with van der Waals surface area (Å²) in [5.74, 6) is -0.894. The molecule has 0 radical (unpaired) electrons. The second-order valence-electron chi connectivity index (χ2n) is 4.54. The Morgan fingerprint density at radius 1 is 1.24 bits per heavy atom. The van der Waals surface area contributed by atoms with Gasteiger partial charge in [0, 0.05) is 13.0 Å². The van der Waals surface area contributed by atoms with Gasteiger partial charge in [0.15, 0.2) is 0 Å². The summed E-state index contributed by atoms with van der Waals surface area (Å²) in [5.41, 5.74) is 5.38. The summed E-state index contributed by atoms with van der Waals surface area (Å²) >= 11 is 0. The lowest BCUT2D eigenvalue weighted by Gasteiger charge is -2.33. The summed E-state index contributed by atoms with van der Waals surface area (Å²) in [6, 6.07) is -0.606. The van der Waals surface area contributed by atoms with E-state index in [2.05, 4.69) is 0 Å². The van der Waals surface area contributed by atoms with Crippen LogP contribution in [0, 0.1) is 0 Å². The number of hydrogen-bond acceptors (Lipinski definition) is 3. The first-order valence-corrected chi connectivity index (χ1v) is 6.39. The Kier molecular flexibility index (Phi) is 5.97.